The molecule has 5 heteroatoms. The largest absolute Gasteiger partial charge is 0.311 e. The minimum Gasteiger partial charge on any atom is -0.311 e. The number of aromatic nitrogens is 3. The molecule has 1 aliphatic heterocycles. The monoisotopic (exact) mass is 298 g/mol. The summed E-state index contributed by atoms with van der Waals surface area (Å²) in [6.07, 6.45) is 2.96. The highest BCUT2D eigenvalue weighted by molar-refractivity contribution is 7.17. The maximum atomic E-state index is 4.71. The number of rotatable bonds is 3. The molecular formula is C16H18N4S. The first-order valence-electron chi connectivity index (χ1n) is 7.42. The minimum absolute atomic E-state index is 0.908. The zero-order valence-electron chi connectivity index (χ0n) is 12.1. The van der Waals surface area contributed by atoms with Gasteiger partial charge in [0.1, 0.15) is 0 Å². The van der Waals surface area contributed by atoms with Crippen molar-refractivity contribution in [2.45, 2.75) is 32.7 Å². The molecule has 4 rings (SSSR count). The van der Waals surface area contributed by atoms with Gasteiger partial charge in [-0.3, -0.25) is 0 Å². The Hall–Kier alpha value is -1.72. The lowest BCUT2D eigenvalue weighted by Crippen LogP contribution is -2.23. The fraction of sp³-hybridized carbons (Fsp3) is 0.375. The highest BCUT2D eigenvalue weighted by Crippen LogP contribution is 2.24. The number of hydrogen-bond donors (Lipinski definition) is 1. The number of aryl methyl sites for hydroxylation is 3. The second-order valence-corrected chi connectivity index (χ2v) is 6.67. The number of fused-ring (bicyclic) bond motifs is 3. The molecule has 0 spiro atoms. The molecule has 2 aromatic heterocycles. The summed E-state index contributed by atoms with van der Waals surface area (Å²) < 4.78 is 2.06. The first kappa shape index (κ1) is 13.0. The molecule has 0 unspecified atom stereocenters. The van der Waals surface area contributed by atoms with E-state index < -0.39 is 0 Å². The molecule has 0 atom stereocenters. The van der Waals surface area contributed by atoms with Gasteiger partial charge in [0.2, 0.25) is 4.96 Å². The predicted molar refractivity (Wildman–Crippen MR) is 84.9 cm³/mol. The van der Waals surface area contributed by atoms with Crippen LogP contribution in [0.5, 0.6) is 0 Å². The van der Waals surface area contributed by atoms with Gasteiger partial charge in [-0.15, -0.1) is 0 Å². The first-order chi connectivity index (χ1) is 10.3. The van der Waals surface area contributed by atoms with Gasteiger partial charge in [0, 0.05) is 30.8 Å². The summed E-state index contributed by atoms with van der Waals surface area (Å²) >= 11 is 1.77. The molecule has 0 radical (unpaired) electrons. The van der Waals surface area contributed by atoms with E-state index in [1.165, 1.54) is 21.7 Å². The summed E-state index contributed by atoms with van der Waals surface area (Å²) in [5.74, 6) is 0.962. The van der Waals surface area contributed by atoms with Crippen LogP contribution in [0, 0.1) is 6.92 Å². The third-order valence-electron chi connectivity index (χ3n) is 3.96. The van der Waals surface area contributed by atoms with E-state index in [4.69, 9.17) is 10.1 Å². The highest BCUT2D eigenvalue weighted by Gasteiger charge is 2.18. The van der Waals surface area contributed by atoms with Crippen LogP contribution in [0.3, 0.4) is 0 Å². The molecule has 0 amide bonds. The van der Waals surface area contributed by atoms with E-state index in [1.807, 2.05) is 0 Å². The van der Waals surface area contributed by atoms with Gasteiger partial charge < -0.3 is 5.32 Å². The highest BCUT2D eigenvalue weighted by atomic mass is 32.1. The number of nitrogens with zero attached hydrogens (tertiary/aromatic N) is 3. The van der Waals surface area contributed by atoms with Crippen LogP contribution >= 0.6 is 11.3 Å². The van der Waals surface area contributed by atoms with Crippen molar-refractivity contribution in [2.24, 2.45) is 0 Å². The number of hydrogen-bond acceptors (Lipinski definition) is 4. The predicted octanol–water partition coefficient (Wildman–Crippen LogP) is 2.53. The third-order valence-corrected chi connectivity index (χ3v) is 5.03. The van der Waals surface area contributed by atoms with E-state index in [-0.39, 0.29) is 0 Å². The molecule has 0 aliphatic carbocycles. The van der Waals surface area contributed by atoms with Gasteiger partial charge in [-0.1, -0.05) is 41.2 Å². The van der Waals surface area contributed by atoms with Crippen LogP contribution in [0.4, 0.5) is 0 Å². The molecule has 1 aromatic carbocycles. The average molecular weight is 298 g/mol. The molecule has 21 heavy (non-hydrogen) atoms. The summed E-state index contributed by atoms with van der Waals surface area (Å²) in [5.41, 5.74) is 4.02. The van der Waals surface area contributed by atoms with E-state index in [2.05, 4.69) is 41.0 Å². The molecule has 0 saturated carbocycles. The molecule has 1 N–H and O–H groups in total. The van der Waals surface area contributed by atoms with Crippen molar-refractivity contribution in [3.8, 4) is 0 Å². The zero-order chi connectivity index (χ0) is 14.2. The third kappa shape index (κ3) is 2.47. The molecule has 108 valence electrons. The summed E-state index contributed by atoms with van der Waals surface area (Å²) in [5, 5.41) is 8.11. The second-order valence-electron chi connectivity index (χ2n) is 5.61. The van der Waals surface area contributed by atoms with Crippen LogP contribution in [0.15, 0.2) is 24.3 Å². The summed E-state index contributed by atoms with van der Waals surface area (Å²) in [6.45, 7) is 4.13. The van der Waals surface area contributed by atoms with E-state index in [0.29, 0.717) is 0 Å². The van der Waals surface area contributed by atoms with E-state index in [0.717, 1.165) is 43.1 Å². The van der Waals surface area contributed by atoms with Crippen LogP contribution in [-0.2, 0) is 25.8 Å². The minimum atomic E-state index is 0.908. The molecule has 4 nitrogen and oxygen atoms in total. The van der Waals surface area contributed by atoms with E-state index in [1.54, 1.807) is 11.3 Å². The maximum absolute atomic E-state index is 4.71. The Balaban J connectivity index is 1.56. The average Bonchev–Trinajstić information content (AvgIpc) is 3.02. The van der Waals surface area contributed by atoms with Crippen LogP contribution in [0.2, 0.25) is 0 Å². The fourth-order valence-corrected chi connectivity index (χ4v) is 3.98. The Morgan fingerprint density at radius 2 is 2.29 bits per heavy atom. The summed E-state index contributed by atoms with van der Waals surface area (Å²) in [7, 11) is 0. The summed E-state index contributed by atoms with van der Waals surface area (Å²) in [6, 6.07) is 8.67. The van der Waals surface area contributed by atoms with E-state index >= 15 is 0 Å². The second kappa shape index (κ2) is 5.24. The normalized spacial score (nSPS) is 14.5. The smallest absolute Gasteiger partial charge is 0.212 e. The Bertz CT molecular complexity index is 787. The lowest BCUT2D eigenvalue weighted by Gasteiger charge is -2.11. The number of benzene rings is 1. The Kier molecular flexibility index (Phi) is 3.24. The van der Waals surface area contributed by atoms with Gasteiger partial charge in [-0.2, -0.15) is 5.10 Å². The van der Waals surface area contributed by atoms with Crippen molar-refractivity contribution in [2.75, 3.05) is 6.54 Å². The van der Waals surface area contributed by atoms with Crippen LogP contribution in [-0.4, -0.2) is 21.1 Å². The van der Waals surface area contributed by atoms with Gasteiger partial charge in [0.25, 0.3) is 0 Å². The molecule has 0 bridgehead atoms. The lowest BCUT2D eigenvalue weighted by molar-refractivity contribution is 0.626. The molecule has 0 fully saturated rings. The standard InChI is InChI=1S/C16H18N4S/c1-11-3-2-4-12(9-11)5-6-15-18-16-20(19-15)13-7-8-17-10-14(13)21-16/h2-4,9,17H,5-8,10H2,1H3. The van der Waals surface area contributed by atoms with Crippen LogP contribution in [0.1, 0.15) is 27.5 Å². The first-order valence-corrected chi connectivity index (χ1v) is 8.24. The van der Waals surface area contributed by atoms with E-state index in [9.17, 15) is 0 Å². The molecule has 0 saturated heterocycles. The van der Waals surface area contributed by atoms with Crippen molar-refractivity contribution in [1.29, 1.82) is 0 Å². The molecular weight excluding hydrogens is 280 g/mol. The molecule has 1 aliphatic rings. The molecule has 3 aromatic rings. The van der Waals surface area contributed by atoms with Crippen molar-refractivity contribution >= 4 is 16.3 Å². The number of nitrogens with one attached hydrogen (secondary N) is 1. The Morgan fingerprint density at radius 1 is 1.33 bits per heavy atom. The number of thiazole rings is 1. The van der Waals surface area contributed by atoms with Crippen molar-refractivity contribution in [3.05, 3.63) is 51.8 Å². The fourth-order valence-electron chi connectivity index (χ4n) is 2.89. The van der Waals surface area contributed by atoms with Crippen molar-refractivity contribution < 1.29 is 0 Å². The molecule has 3 heterocycles. The van der Waals surface area contributed by atoms with Gasteiger partial charge in [0.15, 0.2) is 5.82 Å². The maximum Gasteiger partial charge on any atom is 0.212 e. The van der Waals surface area contributed by atoms with Gasteiger partial charge in [0.05, 0.1) is 5.69 Å². The lowest BCUT2D eigenvalue weighted by atomic mass is 10.1. The van der Waals surface area contributed by atoms with Crippen LogP contribution in [0.25, 0.3) is 4.96 Å². The van der Waals surface area contributed by atoms with Gasteiger partial charge >= 0.3 is 0 Å². The van der Waals surface area contributed by atoms with Crippen molar-refractivity contribution in [1.82, 2.24) is 19.9 Å². The van der Waals surface area contributed by atoms with Crippen molar-refractivity contribution in [3.63, 3.8) is 0 Å². The van der Waals surface area contributed by atoms with Crippen LogP contribution < -0.4 is 5.32 Å². The SMILES string of the molecule is Cc1cccc(CCc2nc3sc4c(n3n2)CCNC4)c1. The Morgan fingerprint density at radius 3 is 3.19 bits per heavy atom. The quantitative estimate of drug-likeness (QED) is 0.808. The topological polar surface area (TPSA) is 42.2 Å². The summed E-state index contributed by atoms with van der Waals surface area (Å²) in [4.78, 5) is 7.13. The van der Waals surface area contributed by atoms with Gasteiger partial charge in [-0.25, -0.2) is 9.50 Å². The van der Waals surface area contributed by atoms with Gasteiger partial charge in [-0.05, 0) is 18.9 Å². The zero-order valence-corrected chi connectivity index (χ0v) is 12.9. The Labute approximate surface area is 127 Å².